The first kappa shape index (κ1) is 12.2. The van der Waals surface area contributed by atoms with Gasteiger partial charge in [0, 0.05) is 0 Å². The van der Waals surface area contributed by atoms with Crippen LogP contribution in [0.15, 0.2) is 43.0 Å². The van der Waals surface area contributed by atoms with Gasteiger partial charge in [-0.05, 0) is 29.4 Å². The SMILES string of the molecule is CC1(C)CCC(Nc2cncnc2)c2ccccc21. The fourth-order valence-corrected chi connectivity index (χ4v) is 2.94. The van der Waals surface area contributed by atoms with Crippen LogP contribution in [-0.4, -0.2) is 9.97 Å². The highest BCUT2D eigenvalue weighted by Gasteiger charge is 2.32. The molecule has 1 N–H and O–H groups in total. The van der Waals surface area contributed by atoms with E-state index in [9.17, 15) is 0 Å². The van der Waals surface area contributed by atoms with E-state index >= 15 is 0 Å². The van der Waals surface area contributed by atoms with E-state index in [1.807, 2.05) is 12.4 Å². The predicted molar refractivity (Wildman–Crippen MR) is 77.1 cm³/mol. The Hall–Kier alpha value is -1.90. The minimum atomic E-state index is 0.266. The molecule has 1 aliphatic rings. The van der Waals surface area contributed by atoms with E-state index in [1.165, 1.54) is 17.5 Å². The third kappa shape index (κ3) is 2.33. The van der Waals surface area contributed by atoms with Crippen LogP contribution in [0.1, 0.15) is 43.9 Å². The molecule has 2 aromatic rings. The Bertz CT molecular complexity index is 563. The molecule has 1 atom stereocenters. The zero-order valence-corrected chi connectivity index (χ0v) is 11.4. The van der Waals surface area contributed by atoms with Gasteiger partial charge in [-0.1, -0.05) is 38.1 Å². The lowest BCUT2D eigenvalue weighted by atomic mass is 9.71. The summed E-state index contributed by atoms with van der Waals surface area (Å²) in [5, 5.41) is 3.55. The smallest absolute Gasteiger partial charge is 0.115 e. The highest BCUT2D eigenvalue weighted by molar-refractivity contribution is 5.46. The molecule has 3 rings (SSSR count). The Kier molecular flexibility index (Phi) is 2.97. The van der Waals surface area contributed by atoms with E-state index in [0.29, 0.717) is 6.04 Å². The third-order valence-corrected chi connectivity index (χ3v) is 4.02. The first-order chi connectivity index (χ1) is 9.17. The highest BCUT2D eigenvalue weighted by Crippen LogP contribution is 2.42. The summed E-state index contributed by atoms with van der Waals surface area (Å²) in [6.07, 6.45) is 7.54. The van der Waals surface area contributed by atoms with Crippen molar-refractivity contribution in [2.45, 2.75) is 38.1 Å². The molecule has 0 spiro atoms. The molecule has 1 aromatic heterocycles. The zero-order valence-electron chi connectivity index (χ0n) is 11.4. The molecule has 3 heteroatoms. The first-order valence-electron chi connectivity index (χ1n) is 6.78. The molecule has 1 aromatic carbocycles. The molecule has 0 aliphatic heterocycles. The summed E-state index contributed by atoms with van der Waals surface area (Å²) < 4.78 is 0. The minimum absolute atomic E-state index is 0.266. The van der Waals surface area contributed by atoms with Crippen LogP contribution in [-0.2, 0) is 5.41 Å². The van der Waals surface area contributed by atoms with Crippen molar-refractivity contribution in [3.63, 3.8) is 0 Å². The summed E-state index contributed by atoms with van der Waals surface area (Å²) in [6, 6.07) is 9.10. The van der Waals surface area contributed by atoms with E-state index in [-0.39, 0.29) is 5.41 Å². The van der Waals surface area contributed by atoms with Crippen molar-refractivity contribution in [1.29, 1.82) is 0 Å². The van der Waals surface area contributed by atoms with Gasteiger partial charge in [0.1, 0.15) is 6.33 Å². The van der Waals surface area contributed by atoms with E-state index in [1.54, 1.807) is 6.33 Å². The van der Waals surface area contributed by atoms with Gasteiger partial charge in [0.15, 0.2) is 0 Å². The third-order valence-electron chi connectivity index (χ3n) is 4.02. The zero-order chi connectivity index (χ0) is 13.3. The predicted octanol–water partition coefficient (Wildman–Crippen LogP) is 3.70. The fourth-order valence-electron chi connectivity index (χ4n) is 2.94. The number of aromatic nitrogens is 2. The lowest BCUT2D eigenvalue weighted by molar-refractivity contribution is 0.406. The summed E-state index contributed by atoms with van der Waals surface area (Å²) in [6.45, 7) is 4.65. The number of anilines is 1. The molecule has 0 amide bonds. The topological polar surface area (TPSA) is 37.8 Å². The van der Waals surface area contributed by atoms with Crippen LogP contribution >= 0.6 is 0 Å². The maximum atomic E-state index is 4.06. The van der Waals surface area contributed by atoms with Crippen molar-refractivity contribution >= 4 is 5.69 Å². The van der Waals surface area contributed by atoms with Crippen molar-refractivity contribution in [2.75, 3.05) is 5.32 Å². The Balaban J connectivity index is 1.93. The van der Waals surface area contributed by atoms with Gasteiger partial charge in [0.25, 0.3) is 0 Å². The average molecular weight is 253 g/mol. The molecule has 19 heavy (non-hydrogen) atoms. The van der Waals surface area contributed by atoms with Gasteiger partial charge in [-0.15, -0.1) is 0 Å². The molecule has 1 aliphatic carbocycles. The largest absolute Gasteiger partial charge is 0.376 e. The molecule has 98 valence electrons. The number of hydrogen-bond acceptors (Lipinski definition) is 3. The number of hydrogen-bond donors (Lipinski definition) is 1. The van der Waals surface area contributed by atoms with Crippen LogP contribution in [0.2, 0.25) is 0 Å². The molecule has 1 unspecified atom stereocenters. The van der Waals surface area contributed by atoms with Crippen molar-refractivity contribution in [3.8, 4) is 0 Å². The summed E-state index contributed by atoms with van der Waals surface area (Å²) in [5.41, 5.74) is 4.11. The number of rotatable bonds is 2. The van der Waals surface area contributed by atoms with Crippen molar-refractivity contribution in [3.05, 3.63) is 54.1 Å². The summed E-state index contributed by atoms with van der Waals surface area (Å²) in [4.78, 5) is 8.12. The normalized spacial score (nSPS) is 20.6. The molecular weight excluding hydrogens is 234 g/mol. The first-order valence-corrected chi connectivity index (χ1v) is 6.78. The molecule has 0 saturated carbocycles. The lowest BCUT2D eigenvalue weighted by Crippen LogP contribution is -2.29. The van der Waals surface area contributed by atoms with Crippen LogP contribution < -0.4 is 5.32 Å². The van der Waals surface area contributed by atoms with Crippen LogP contribution in [0.5, 0.6) is 0 Å². The molecular formula is C16H19N3. The lowest BCUT2D eigenvalue weighted by Gasteiger charge is -2.37. The molecule has 0 saturated heterocycles. The molecule has 0 bridgehead atoms. The number of nitrogens with one attached hydrogen (secondary N) is 1. The van der Waals surface area contributed by atoms with E-state index in [4.69, 9.17) is 0 Å². The fraction of sp³-hybridized carbons (Fsp3) is 0.375. The van der Waals surface area contributed by atoms with Crippen LogP contribution in [0.4, 0.5) is 5.69 Å². The van der Waals surface area contributed by atoms with Crippen molar-refractivity contribution < 1.29 is 0 Å². The summed E-state index contributed by atoms with van der Waals surface area (Å²) in [7, 11) is 0. The Morgan fingerprint density at radius 1 is 1.16 bits per heavy atom. The molecule has 1 heterocycles. The number of nitrogens with zero attached hydrogens (tertiary/aromatic N) is 2. The van der Waals surface area contributed by atoms with E-state index in [0.717, 1.165) is 12.1 Å². The van der Waals surface area contributed by atoms with E-state index in [2.05, 4.69) is 53.4 Å². The minimum Gasteiger partial charge on any atom is -0.376 e. The average Bonchev–Trinajstić information content (AvgIpc) is 2.44. The summed E-state index contributed by atoms with van der Waals surface area (Å²) in [5.74, 6) is 0. The van der Waals surface area contributed by atoms with Gasteiger partial charge >= 0.3 is 0 Å². The Morgan fingerprint density at radius 3 is 2.68 bits per heavy atom. The van der Waals surface area contributed by atoms with Crippen molar-refractivity contribution in [1.82, 2.24) is 9.97 Å². The van der Waals surface area contributed by atoms with Crippen LogP contribution in [0.3, 0.4) is 0 Å². The second-order valence-corrected chi connectivity index (χ2v) is 5.83. The van der Waals surface area contributed by atoms with Gasteiger partial charge in [-0.3, -0.25) is 0 Å². The molecule has 0 radical (unpaired) electrons. The maximum absolute atomic E-state index is 4.06. The van der Waals surface area contributed by atoms with Gasteiger partial charge in [-0.25, -0.2) is 9.97 Å². The molecule has 3 nitrogen and oxygen atoms in total. The van der Waals surface area contributed by atoms with Gasteiger partial charge in [0.05, 0.1) is 24.1 Å². The van der Waals surface area contributed by atoms with E-state index < -0.39 is 0 Å². The summed E-state index contributed by atoms with van der Waals surface area (Å²) >= 11 is 0. The van der Waals surface area contributed by atoms with Gasteiger partial charge in [0.2, 0.25) is 0 Å². The van der Waals surface area contributed by atoms with Crippen molar-refractivity contribution in [2.24, 2.45) is 0 Å². The number of fused-ring (bicyclic) bond motifs is 1. The Morgan fingerprint density at radius 2 is 1.89 bits per heavy atom. The van der Waals surface area contributed by atoms with Gasteiger partial charge < -0.3 is 5.32 Å². The van der Waals surface area contributed by atoms with Gasteiger partial charge in [-0.2, -0.15) is 0 Å². The molecule has 0 fully saturated rings. The highest BCUT2D eigenvalue weighted by atomic mass is 15.0. The monoisotopic (exact) mass is 253 g/mol. The standard InChI is InChI=1S/C16H19N3/c1-16(2)8-7-15(13-5-3-4-6-14(13)16)19-12-9-17-11-18-10-12/h3-6,9-11,15,19H,7-8H2,1-2H3. The maximum Gasteiger partial charge on any atom is 0.115 e. The Labute approximate surface area is 114 Å². The number of benzene rings is 1. The second kappa shape index (κ2) is 4.65. The quantitative estimate of drug-likeness (QED) is 0.886. The second-order valence-electron chi connectivity index (χ2n) is 5.83. The van der Waals surface area contributed by atoms with Crippen LogP contribution in [0, 0.1) is 0 Å². The van der Waals surface area contributed by atoms with Crippen LogP contribution in [0.25, 0.3) is 0 Å².